The lowest BCUT2D eigenvalue weighted by molar-refractivity contribution is -0.341. The number of aliphatic hydroxyl groups is 8. The van der Waals surface area contributed by atoms with Gasteiger partial charge in [0.05, 0.1) is 31.3 Å². The van der Waals surface area contributed by atoms with E-state index in [0.29, 0.717) is 16.8 Å². The van der Waals surface area contributed by atoms with E-state index in [1.807, 2.05) is 0 Å². The van der Waals surface area contributed by atoms with E-state index >= 15 is 0 Å². The molecule has 3 aliphatic rings. The molecule has 3 aromatic carbocycles. The van der Waals surface area contributed by atoms with Crippen molar-refractivity contribution in [3.05, 3.63) is 95.6 Å². The first-order valence-corrected chi connectivity index (χ1v) is 19.3. The Bertz CT molecular complexity index is 1890. The van der Waals surface area contributed by atoms with Crippen molar-refractivity contribution >= 4 is 21.7 Å². The van der Waals surface area contributed by atoms with Crippen molar-refractivity contribution in [2.45, 2.75) is 86.2 Å². The molecule has 3 heterocycles. The maximum atomic E-state index is 13.7. The molecule has 0 bridgehead atoms. The first kappa shape index (κ1) is 41.9. The number of carbonyl (C=O) groups excluding carboxylic acids is 1. The van der Waals surface area contributed by atoms with Gasteiger partial charge in [0.1, 0.15) is 78.1 Å². The minimum atomic E-state index is -4.57. The van der Waals surface area contributed by atoms with Gasteiger partial charge in [0.15, 0.2) is 6.29 Å². The molecular weight excluding hydrogens is 768 g/mol. The summed E-state index contributed by atoms with van der Waals surface area (Å²) in [4.78, 5) is 14.9. The first-order chi connectivity index (χ1) is 26.6. The molecule has 10 unspecified atom stereocenters. The normalized spacial score (nSPS) is 32.8. The fraction of sp³-hybridized carbons (Fsp3) is 0.486. The highest BCUT2D eigenvalue weighted by Gasteiger charge is 2.52. The number of aliphatic hydroxyl groups excluding tert-OH is 8. The summed E-state index contributed by atoms with van der Waals surface area (Å²) in [5.74, 6) is -3.06. The van der Waals surface area contributed by atoms with Gasteiger partial charge in [-0.1, -0.05) is 24.3 Å². The Morgan fingerprint density at radius 2 is 1.32 bits per heavy atom. The van der Waals surface area contributed by atoms with Crippen LogP contribution < -0.4 is 9.08 Å². The predicted octanol–water partition coefficient (Wildman–Crippen LogP) is -0.442. The van der Waals surface area contributed by atoms with Gasteiger partial charge < -0.3 is 64.1 Å². The zero-order chi connectivity index (χ0) is 40.5. The smallest absolute Gasteiger partial charge is 0.311 e. The lowest BCUT2D eigenvalue weighted by atomic mass is 9.78. The number of nitrogens with zero attached hydrogens (tertiary/aromatic N) is 1. The van der Waals surface area contributed by atoms with Crippen molar-refractivity contribution in [3.63, 3.8) is 0 Å². The molecule has 0 aliphatic carbocycles. The summed E-state index contributed by atoms with van der Waals surface area (Å²) in [5.41, 5.74) is 1.45. The molecule has 0 saturated carbocycles. The highest BCUT2D eigenvalue weighted by Crippen LogP contribution is 2.46. The molecule has 19 heteroatoms. The molecule has 6 rings (SSSR count). The van der Waals surface area contributed by atoms with E-state index in [1.165, 1.54) is 77.7 Å². The number of amides is 1. The summed E-state index contributed by atoms with van der Waals surface area (Å²) in [6.45, 7) is -1.64. The van der Waals surface area contributed by atoms with E-state index in [1.54, 1.807) is 0 Å². The zero-order valence-corrected chi connectivity index (χ0v) is 30.3. The fourth-order valence-electron chi connectivity index (χ4n) is 7.20. The van der Waals surface area contributed by atoms with Crippen LogP contribution in [-0.2, 0) is 29.1 Å². The molecule has 0 radical (unpaired) electrons. The van der Waals surface area contributed by atoms with Gasteiger partial charge in [-0.05, 0) is 72.5 Å². The SMILES string of the molecule is O=C1[C@H](CC[C@H](O)c2ccc(F)cc2)[C@@H](c2ccc(OS(=O)(=O)CC3OC(CO)C(OC4OC(CO)C(O)C(O)C4O)C(O)C3O)cc2)N1c1ccc(F)cc1. The van der Waals surface area contributed by atoms with E-state index in [2.05, 4.69) is 0 Å². The second-order valence-electron chi connectivity index (χ2n) is 13.9. The van der Waals surface area contributed by atoms with E-state index in [0.717, 1.165) is 0 Å². The molecule has 16 nitrogen and oxygen atoms in total. The third-order valence-electron chi connectivity index (χ3n) is 10.2. The maximum Gasteiger partial charge on any atom is 0.311 e. The number of carbonyl (C=O) groups is 1. The van der Waals surface area contributed by atoms with Crippen LogP contribution in [0.25, 0.3) is 0 Å². The molecule has 13 atom stereocenters. The van der Waals surface area contributed by atoms with Crippen LogP contribution in [0.3, 0.4) is 0 Å². The third kappa shape index (κ3) is 8.89. The average Bonchev–Trinajstić information content (AvgIpc) is 3.17. The Hall–Kier alpha value is -3.70. The van der Waals surface area contributed by atoms with Gasteiger partial charge in [-0.2, -0.15) is 8.42 Å². The molecule has 3 aromatic rings. The zero-order valence-electron chi connectivity index (χ0n) is 29.5. The van der Waals surface area contributed by atoms with Crippen molar-refractivity contribution in [1.29, 1.82) is 0 Å². The average molecular weight is 812 g/mol. The number of hydrogen-bond donors (Lipinski definition) is 8. The predicted molar refractivity (Wildman–Crippen MR) is 188 cm³/mol. The number of benzene rings is 3. The van der Waals surface area contributed by atoms with Crippen LogP contribution >= 0.6 is 0 Å². The van der Waals surface area contributed by atoms with Gasteiger partial charge in [-0.25, -0.2) is 8.78 Å². The van der Waals surface area contributed by atoms with E-state index in [4.69, 9.17) is 18.4 Å². The molecule has 1 amide bonds. The third-order valence-corrected chi connectivity index (χ3v) is 11.4. The van der Waals surface area contributed by atoms with Crippen LogP contribution in [0.2, 0.25) is 0 Å². The van der Waals surface area contributed by atoms with Gasteiger partial charge in [-0.3, -0.25) is 4.79 Å². The van der Waals surface area contributed by atoms with Gasteiger partial charge in [0, 0.05) is 5.69 Å². The highest BCUT2D eigenvalue weighted by atomic mass is 32.2. The van der Waals surface area contributed by atoms with Crippen molar-refractivity contribution in [2.75, 3.05) is 23.9 Å². The van der Waals surface area contributed by atoms with Crippen LogP contribution in [0.15, 0.2) is 72.8 Å². The Kier molecular flexibility index (Phi) is 13.0. The molecular formula is C37H43F2NO15S. The molecule has 306 valence electrons. The quantitative estimate of drug-likeness (QED) is 0.0759. The number of anilines is 1. The second-order valence-corrected chi connectivity index (χ2v) is 15.5. The standard InChI is InChI=1S/C37H43F2NO15S/c38-20-5-1-18(2-6-20)25(43)14-13-24-29(40(36(24)49)22-9-7-21(39)8-10-22)19-3-11-23(12-4-19)55-56(50,51)17-28-31(45)33(47)35(27(16-42)52-28)54-37-34(48)32(46)30(44)26(15-41)53-37/h1-12,24-35,37,41-48H,13-17H2/t24-,25+,26?,27?,28?,29-,30?,31?,32?,33?,34?,35?,37?/m1/s1. The van der Waals surface area contributed by atoms with E-state index in [9.17, 15) is 62.8 Å². The van der Waals surface area contributed by atoms with Crippen molar-refractivity contribution in [2.24, 2.45) is 5.92 Å². The summed E-state index contributed by atoms with van der Waals surface area (Å²) >= 11 is 0. The number of ether oxygens (including phenoxy) is 3. The molecule has 56 heavy (non-hydrogen) atoms. The lowest BCUT2D eigenvalue weighted by Gasteiger charge is -2.48. The summed E-state index contributed by atoms with van der Waals surface area (Å²) < 4.78 is 75.1. The van der Waals surface area contributed by atoms with Crippen LogP contribution in [0.5, 0.6) is 5.75 Å². The number of rotatable bonds is 14. The molecule has 0 aromatic heterocycles. The van der Waals surface area contributed by atoms with Crippen molar-refractivity contribution in [1.82, 2.24) is 0 Å². The van der Waals surface area contributed by atoms with Crippen LogP contribution in [0.4, 0.5) is 14.5 Å². The second kappa shape index (κ2) is 17.4. The van der Waals surface area contributed by atoms with Gasteiger partial charge in [0.25, 0.3) is 0 Å². The van der Waals surface area contributed by atoms with Crippen LogP contribution in [-0.4, -0.2) is 135 Å². The fourth-order valence-corrected chi connectivity index (χ4v) is 8.35. The summed E-state index contributed by atoms with van der Waals surface area (Å²) in [6.07, 6.45) is -17.8. The van der Waals surface area contributed by atoms with Crippen LogP contribution in [0.1, 0.15) is 36.1 Å². The first-order valence-electron chi connectivity index (χ1n) is 17.7. The monoisotopic (exact) mass is 811 g/mol. The Morgan fingerprint density at radius 1 is 0.732 bits per heavy atom. The van der Waals surface area contributed by atoms with E-state index < -0.39 is 120 Å². The number of hydrogen-bond acceptors (Lipinski definition) is 15. The Labute approximate surface area is 319 Å². The van der Waals surface area contributed by atoms with Gasteiger partial charge in [0.2, 0.25) is 5.91 Å². The Balaban J connectivity index is 1.12. The Morgan fingerprint density at radius 3 is 1.93 bits per heavy atom. The molecule has 3 fully saturated rings. The summed E-state index contributed by atoms with van der Waals surface area (Å²) in [7, 11) is -4.57. The van der Waals surface area contributed by atoms with E-state index in [-0.39, 0.29) is 24.5 Å². The molecule has 0 spiro atoms. The maximum absolute atomic E-state index is 13.7. The number of β-lactam (4-membered cyclic amide) rings is 1. The molecule has 3 saturated heterocycles. The van der Waals surface area contributed by atoms with Crippen LogP contribution in [0, 0.1) is 17.6 Å². The molecule has 3 aliphatic heterocycles. The van der Waals surface area contributed by atoms with Gasteiger partial charge >= 0.3 is 10.1 Å². The summed E-state index contributed by atoms with van der Waals surface area (Å²) in [6, 6.07) is 15.7. The van der Waals surface area contributed by atoms with Crippen molar-refractivity contribution < 1.29 is 81.2 Å². The highest BCUT2D eigenvalue weighted by molar-refractivity contribution is 7.87. The number of halogens is 2. The van der Waals surface area contributed by atoms with Crippen molar-refractivity contribution in [3.8, 4) is 5.75 Å². The summed E-state index contributed by atoms with van der Waals surface area (Å²) in [5, 5.41) is 82.3. The minimum absolute atomic E-state index is 0.163. The van der Waals surface area contributed by atoms with Gasteiger partial charge in [-0.15, -0.1) is 0 Å². The topological polar surface area (TPSA) is 253 Å². The minimum Gasteiger partial charge on any atom is -0.394 e. The lowest BCUT2D eigenvalue weighted by Crippen LogP contribution is -2.65. The molecule has 8 N–H and O–H groups in total. The largest absolute Gasteiger partial charge is 0.394 e.